The lowest BCUT2D eigenvalue weighted by Gasteiger charge is -2.34. The molecule has 0 radical (unpaired) electrons. The van der Waals surface area contributed by atoms with Gasteiger partial charge in [0.25, 0.3) is 0 Å². The Morgan fingerprint density at radius 2 is 1.18 bits per heavy atom. The molecule has 0 fully saturated rings. The zero-order chi connectivity index (χ0) is 13.7. The molecule has 0 atom stereocenters. The first-order chi connectivity index (χ1) is 7.62. The van der Waals surface area contributed by atoms with Crippen LogP contribution in [0.15, 0.2) is 49.6 Å². The third-order valence-electron chi connectivity index (χ3n) is 2.44. The summed E-state index contributed by atoms with van der Waals surface area (Å²) in [6.45, 7) is 24.4. The predicted molar refractivity (Wildman–Crippen MR) is 84.3 cm³/mol. The molecule has 0 aromatic heterocycles. The number of rotatable bonds is 8. The lowest BCUT2D eigenvalue weighted by Crippen LogP contribution is -2.44. The van der Waals surface area contributed by atoms with E-state index in [1.54, 1.807) is 0 Å². The summed E-state index contributed by atoms with van der Waals surface area (Å²) < 4.78 is 6.43. The second-order valence-electron chi connectivity index (χ2n) is 5.70. The monoisotopic (exact) mass is 266 g/mol. The predicted octanol–water partition coefficient (Wildman–Crippen LogP) is 4.90. The van der Waals surface area contributed by atoms with Crippen molar-refractivity contribution < 1.29 is 4.12 Å². The van der Waals surface area contributed by atoms with Crippen LogP contribution < -0.4 is 0 Å². The third-order valence-corrected chi connectivity index (χ3v) is 9.47. The van der Waals surface area contributed by atoms with E-state index in [1.807, 2.05) is 12.2 Å². The molecule has 0 aliphatic carbocycles. The smallest absolute Gasteiger partial charge is 0.177 e. The van der Waals surface area contributed by atoms with E-state index in [0.717, 1.165) is 23.2 Å². The van der Waals surface area contributed by atoms with Gasteiger partial charge in [0.05, 0.1) is 0 Å². The van der Waals surface area contributed by atoms with Gasteiger partial charge in [-0.2, -0.15) is 0 Å². The largest absolute Gasteiger partial charge is 0.455 e. The van der Waals surface area contributed by atoms with Crippen molar-refractivity contribution in [3.8, 4) is 0 Å². The lowest BCUT2D eigenvalue weighted by molar-refractivity contribution is 0.546. The van der Waals surface area contributed by atoms with Gasteiger partial charge in [0.1, 0.15) is 0 Å². The molecule has 0 N–H and O–H groups in total. The maximum absolute atomic E-state index is 6.43. The van der Waals surface area contributed by atoms with Crippen LogP contribution in [0, 0.1) is 0 Å². The quantitative estimate of drug-likeness (QED) is 0.448. The summed E-state index contributed by atoms with van der Waals surface area (Å²) in [5.41, 5.74) is 2.16. The number of hydrogen-bond donors (Lipinski definition) is 0. The van der Waals surface area contributed by atoms with Crippen LogP contribution in [-0.2, 0) is 4.12 Å². The Hall–Kier alpha value is -0.646. The zero-order valence-corrected chi connectivity index (χ0v) is 13.8. The van der Waals surface area contributed by atoms with Crippen molar-refractivity contribution in [3.05, 3.63) is 49.6 Å². The van der Waals surface area contributed by atoms with Gasteiger partial charge in [-0.15, -0.1) is 0 Å². The van der Waals surface area contributed by atoms with Gasteiger partial charge in [0.15, 0.2) is 16.6 Å². The minimum atomic E-state index is -1.69. The Kier molecular flexibility index (Phi) is 6.09. The minimum absolute atomic E-state index is 0.952. The van der Waals surface area contributed by atoms with Crippen molar-refractivity contribution in [1.29, 1.82) is 0 Å². The van der Waals surface area contributed by atoms with Crippen molar-refractivity contribution in [1.82, 2.24) is 0 Å². The molecule has 0 bridgehead atoms. The van der Waals surface area contributed by atoms with Crippen LogP contribution in [0.1, 0.15) is 0 Å². The molecule has 17 heavy (non-hydrogen) atoms. The Bertz CT molecular complexity index is 295. The van der Waals surface area contributed by atoms with E-state index >= 15 is 0 Å². The molecule has 0 aliphatic rings. The van der Waals surface area contributed by atoms with E-state index in [0.29, 0.717) is 0 Å². The van der Waals surface area contributed by atoms with Crippen LogP contribution in [0.2, 0.25) is 38.3 Å². The summed E-state index contributed by atoms with van der Waals surface area (Å²) in [5.74, 6) is 0. The average molecular weight is 267 g/mol. The van der Waals surface area contributed by atoms with Crippen molar-refractivity contribution in [2.45, 2.75) is 38.3 Å². The van der Waals surface area contributed by atoms with Crippen LogP contribution in [0.5, 0.6) is 0 Å². The molecule has 0 saturated carbocycles. The van der Waals surface area contributed by atoms with E-state index in [-0.39, 0.29) is 0 Å². The maximum Gasteiger partial charge on any atom is 0.177 e. The molecule has 0 spiro atoms. The summed E-state index contributed by atoms with van der Waals surface area (Å²) in [6.07, 6.45) is 3.66. The molecular formula is C14H26OSi2. The lowest BCUT2D eigenvalue weighted by atomic mass is 10.4. The Balaban J connectivity index is 4.56. The van der Waals surface area contributed by atoms with Crippen molar-refractivity contribution in [2.24, 2.45) is 0 Å². The number of hydrogen-bond acceptors (Lipinski definition) is 1. The van der Waals surface area contributed by atoms with Crippen LogP contribution in [-0.4, -0.2) is 16.6 Å². The summed E-state index contributed by atoms with van der Waals surface area (Å²) in [5, 5.41) is 0. The molecule has 1 nitrogen and oxygen atoms in total. The first-order valence-electron chi connectivity index (χ1n) is 5.92. The minimum Gasteiger partial charge on any atom is -0.455 e. The Labute approximate surface area is 109 Å². The van der Waals surface area contributed by atoms with E-state index in [4.69, 9.17) is 4.12 Å². The van der Waals surface area contributed by atoms with Crippen molar-refractivity contribution >= 4 is 16.6 Å². The highest BCUT2D eigenvalue weighted by atomic mass is 28.4. The highest BCUT2D eigenvalue weighted by molar-refractivity contribution is 6.85. The summed E-state index contributed by atoms with van der Waals surface area (Å²) in [4.78, 5) is 0. The van der Waals surface area contributed by atoms with Gasteiger partial charge in [0.2, 0.25) is 0 Å². The van der Waals surface area contributed by atoms with Crippen LogP contribution >= 0.6 is 0 Å². The maximum atomic E-state index is 6.43. The molecule has 0 aromatic carbocycles. The molecule has 96 valence electrons. The van der Waals surface area contributed by atoms with E-state index in [2.05, 4.69) is 52.5 Å². The molecule has 0 rings (SSSR count). The third kappa shape index (κ3) is 7.31. The van der Waals surface area contributed by atoms with Gasteiger partial charge in [-0.1, -0.05) is 49.6 Å². The highest BCUT2D eigenvalue weighted by Gasteiger charge is 2.33. The van der Waals surface area contributed by atoms with Gasteiger partial charge in [-0.25, -0.2) is 0 Å². The SMILES string of the molecule is C=CC(=C)C[Si](C)(C)O[Si](C)(C)CC(=C)C=C. The fourth-order valence-electron chi connectivity index (χ4n) is 2.06. The molecular weight excluding hydrogens is 240 g/mol. The zero-order valence-electron chi connectivity index (χ0n) is 11.8. The van der Waals surface area contributed by atoms with Gasteiger partial charge >= 0.3 is 0 Å². The average Bonchev–Trinajstić information content (AvgIpc) is 2.13. The first-order valence-corrected chi connectivity index (χ1v) is 12.2. The fourth-order valence-corrected chi connectivity index (χ4v) is 11.1. The fraction of sp³-hybridized carbons (Fsp3) is 0.429. The molecule has 0 heterocycles. The van der Waals surface area contributed by atoms with Gasteiger partial charge in [0, 0.05) is 0 Å². The summed E-state index contributed by atoms with van der Waals surface area (Å²) in [6, 6.07) is 1.90. The van der Waals surface area contributed by atoms with E-state index in [1.165, 1.54) is 0 Å². The van der Waals surface area contributed by atoms with Crippen molar-refractivity contribution in [2.75, 3.05) is 0 Å². The van der Waals surface area contributed by atoms with E-state index < -0.39 is 16.6 Å². The summed E-state index contributed by atoms with van der Waals surface area (Å²) >= 11 is 0. The standard InChI is InChI=1S/C14H26OSi2/c1-9-13(3)11-16(5,6)15-17(7,8)12-14(4)10-2/h9-10H,1-4,11-12H2,5-8H3. The molecule has 0 unspecified atom stereocenters. The van der Waals surface area contributed by atoms with Gasteiger partial charge in [-0.3, -0.25) is 0 Å². The summed E-state index contributed by atoms with van der Waals surface area (Å²) in [7, 11) is -3.37. The topological polar surface area (TPSA) is 9.23 Å². The Morgan fingerprint density at radius 1 is 0.882 bits per heavy atom. The molecule has 0 aliphatic heterocycles. The van der Waals surface area contributed by atoms with Gasteiger partial charge in [-0.05, 0) is 38.3 Å². The first kappa shape index (κ1) is 16.4. The van der Waals surface area contributed by atoms with Gasteiger partial charge < -0.3 is 4.12 Å². The molecule has 0 aromatic rings. The Morgan fingerprint density at radius 3 is 1.41 bits per heavy atom. The number of allylic oxidation sites excluding steroid dienone is 4. The molecule has 0 saturated heterocycles. The van der Waals surface area contributed by atoms with Crippen LogP contribution in [0.4, 0.5) is 0 Å². The normalized spacial score (nSPS) is 12.0. The van der Waals surface area contributed by atoms with Crippen LogP contribution in [0.3, 0.4) is 0 Å². The van der Waals surface area contributed by atoms with Crippen molar-refractivity contribution in [3.63, 3.8) is 0 Å². The molecule has 0 amide bonds. The molecule has 3 heteroatoms. The second-order valence-corrected chi connectivity index (χ2v) is 14.3. The second kappa shape index (κ2) is 6.33. The van der Waals surface area contributed by atoms with Crippen LogP contribution in [0.25, 0.3) is 0 Å². The van der Waals surface area contributed by atoms with E-state index in [9.17, 15) is 0 Å². The highest BCUT2D eigenvalue weighted by Crippen LogP contribution is 2.26.